The van der Waals surface area contributed by atoms with E-state index < -0.39 is 18.1 Å². The Hall–Kier alpha value is -2.71. The van der Waals surface area contributed by atoms with Gasteiger partial charge in [-0.1, -0.05) is 26.8 Å². The molecular formula is C20H26F3N3O3. The van der Waals surface area contributed by atoms with Crippen molar-refractivity contribution in [2.45, 2.75) is 58.9 Å². The molecule has 2 aromatic rings. The van der Waals surface area contributed by atoms with Gasteiger partial charge in [0.15, 0.2) is 0 Å². The van der Waals surface area contributed by atoms with Gasteiger partial charge in [0.1, 0.15) is 17.2 Å². The molecule has 0 aliphatic heterocycles. The summed E-state index contributed by atoms with van der Waals surface area (Å²) < 4.78 is 48.6. The highest BCUT2D eigenvalue weighted by Crippen LogP contribution is 2.31. The minimum absolute atomic E-state index is 0.313. The molecular weight excluding hydrogens is 387 g/mol. The van der Waals surface area contributed by atoms with Crippen molar-refractivity contribution in [2.24, 2.45) is 0 Å². The van der Waals surface area contributed by atoms with Crippen LogP contribution in [0.15, 0.2) is 30.3 Å². The van der Waals surface area contributed by atoms with E-state index in [1.54, 1.807) is 32.9 Å². The molecule has 2 rings (SSSR count). The summed E-state index contributed by atoms with van der Waals surface area (Å²) in [5, 5.41) is 4.52. The van der Waals surface area contributed by atoms with Gasteiger partial charge in [-0.05, 0) is 32.9 Å². The lowest BCUT2D eigenvalue weighted by molar-refractivity contribution is -0.274. The summed E-state index contributed by atoms with van der Waals surface area (Å²) in [7, 11) is 1.52. The van der Waals surface area contributed by atoms with Crippen molar-refractivity contribution in [3.63, 3.8) is 0 Å². The first-order chi connectivity index (χ1) is 13.1. The Morgan fingerprint density at radius 2 is 1.69 bits per heavy atom. The second kappa shape index (κ2) is 7.61. The molecule has 0 saturated heterocycles. The Labute approximate surface area is 168 Å². The number of alkyl halides is 3. The summed E-state index contributed by atoms with van der Waals surface area (Å²) in [6, 6.07) is 7.12. The van der Waals surface area contributed by atoms with Crippen molar-refractivity contribution >= 4 is 11.9 Å². The van der Waals surface area contributed by atoms with Crippen LogP contribution in [0.3, 0.4) is 0 Å². The zero-order chi connectivity index (χ0) is 22.2. The Bertz CT molecular complexity index is 878. The number of nitrogens with zero attached hydrogens (tertiary/aromatic N) is 3. The van der Waals surface area contributed by atoms with Crippen LogP contribution in [-0.2, 0) is 10.2 Å². The molecule has 6 nitrogen and oxygen atoms in total. The van der Waals surface area contributed by atoms with Crippen LogP contribution in [0, 0.1) is 0 Å². The van der Waals surface area contributed by atoms with Gasteiger partial charge in [0, 0.05) is 24.6 Å². The average molecular weight is 413 g/mol. The molecule has 0 atom stereocenters. The minimum atomic E-state index is -4.81. The average Bonchev–Trinajstić information content (AvgIpc) is 2.96. The van der Waals surface area contributed by atoms with E-state index in [2.05, 4.69) is 9.84 Å². The Balaban J connectivity index is 2.53. The van der Waals surface area contributed by atoms with Crippen LogP contribution in [0.25, 0.3) is 5.69 Å². The number of hydrogen-bond acceptors (Lipinski definition) is 4. The third-order valence-corrected chi connectivity index (χ3v) is 3.77. The molecule has 0 aliphatic carbocycles. The van der Waals surface area contributed by atoms with Gasteiger partial charge in [0.25, 0.3) is 0 Å². The molecule has 0 unspecified atom stereocenters. The summed E-state index contributed by atoms with van der Waals surface area (Å²) in [5.74, 6) is -0.0259. The Morgan fingerprint density at radius 3 is 2.21 bits per heavy atom. The number of hydrogen-bond donors (Lipinski definition) is 0. The fourth-order valence-corrected chi connectivity index (χ4v) is 2.40. The predicted molar refractivity (Wildman–Crippen MR) is 104 cm³/mol. The lowest BCUT2D eigenvalue weighted by atomic mass is 9.92. The van der Waals surface area contributed by atoms with E-state index in [0.29, 0.717) is 17.2 Å². The Kier molecular flexibility index (Phi) is 5.92. The number of anilines is 1. The smallest absolute Gasteiger partial charge is 0.443 e. The van der Waals surface area contributed by atoms with Gasteiger partial charge in [-0.25, -0.2) is 9.48 Å². The van der Waals surface area contributed by atoms with Crippen LogP contribution >= 0.6 is 0 Å². The molecule has 0 saturated carbocycles. The molecule has 1 aromatic carbocycles. The quantitative estimate of drug-likeness (QED) is 0.672. The number of amides is 1. The molecule has 0 bridgehead atoms. The highest BCUT2D eigenvalue weighted by Gasteiger charge is 2.32. The SMILES string of the molecule is CN(C(=O)OC(C)(C)C)c1cc(C(C)(C)C)nn1-c1cccc(OC(F)(F)F)c1. The van der Waals surface area contributed by atoms with Crippen molar-refractivity contribution in [2.75, 3.05) is 11.9 Å². The number of carbonyl (C=O) groups is 1. The molecule has 9 heteroatoms. The fraction of sp³-hybridized carbons (Fsp3) is 0.500. The van der Waals surface area contributed by atoms with E-state index in [1.807, 2.05) is 20.8 Å². The second-order valence-electron chi connectivity index (χ2n) is 8.63. The largest absolute Gasteiger partial charge is 0.573 e. The summed E-state index contributed by atoms with van der Waals surface area (Å²) in [5.41, 5.74) is -0.0871. The van der Waals surface area contributed by atoms with Crippen LogP contribution in [-0.4, -0.2) is 34.9 Å². The van der Waals surface area contributed by atoms with Crippen LogP contribution in [0.4, 0.5) is 23.8 Å². The number of aromatic nitrogens is 2. The van der Waals surface area contributed by atoms with Crippen molar-refractivity contribution in [1.29, 1.82) is 0 Å². The van der Waals surface area contributed by atoms with Crippen molar-refractivity contribution < 1.29 is 27.4 Å². The van der Waals surface area contributed by atoms with Gasteiger partial charge < -0.3 is 9.47 Å². The Morgan fingerprint density at radius 1 is 1.07 bits per heavy atom. The first kappa shape index (κ1) is 22.6. The maximum Gasteiger partial charge on any atom is 0.573 e. The number of carbonyl (C=O) groups excluding carboxylic acids is 1. The molecule has 160 valence electrons. The first-order valence-electron chi connectivity index (χ1n) is 9.00. The van der Waals surface area contributed by atoms with Gasteiger partial charge in [0.05, 0.1) is 11.4 Å². The number of rotatable bonds is 3. The van der Waals surface area contributed by atoms with E-state index in [4.69, 9.17) is 4.74 Å². The lowest BCUT2D eigenvalue weighted by Crippen LogP contribution is -2.35. The molecule has 1 heterocycles. The first-order valence-corrected chi connectivity index (χ1v) is 9.00. The lowest BCUT2D eigenvalue weighted by Gasteiger charge is -2.25. The summed E-state index contributed by atoms with van der Waals surface area (Å²) >= 11 is 0. The predicted octanol–water partition coefficient (Wildman–Crippen LogP) is 5.44. The third-order valence-electron chi connectivity index (χ3n) is 3.77. The van der Waals surface area contributed by atoms with E-state index in [0.717, 1.165) is 0 Å². The molecule has 0 spiro atoms. The van der Waals surface area contributed by atoms with Gasteiger partial charge in [-0.3, -0.25) is 4.90 Å². The molecule has 0 N–H and O–H groups in total. The molecule has 0 fully saturated rings. The van der Waals surface area contributed by atoms with Gasteiger partial charge >= 0.3 is 12.5 Å². The molecule has 0 aliphatic rings. The van der Waals surface area contributed by atoms with Crippen molar-refractivity contribution in [1.82, 2.24) is 9.78 Å². The van der Waals surface area contributed by atoms with Gasteiger partial charge in [-0.15, -0.1) is 13.2 Å². The third kappa shape index (κ3) is 6.13. The van der Waals surface area contributed by atoms with Crippen LogP contribution in [0.5, 0.6) is 5.75 Å². The standard InChI is InChI=1S/C20H26F3N3O3/c1-18(2,3)15-12-16(25(7)17(27)29-19(4,5)6)26(24-15)13-9-8-10-14(11-13)28-20(21,22)23/h8-12H,1-7H3. The maximum atomic E-state index is 12.6. The molecule has 1 amide bonds. The molecule has 1 aromatic heterocycles. The van der Waals surface area contributed by atoms with Crippen LogP contribution < -0.4 is 9.64 Å². The van der Waals surface area contributed by atoms with E-state index >= 15 is 0 Å². The van der Waals surface area contributed by atoms with Crippen LogP contribution in [0.1, 0.15) is 47.2 Å². The monoisotopic (exact) mass is 413 g/mol. The maximum absolute atomic E-state index is 12.6. The molecule has 0 radical (unpaired) electrons. The zero-order valence-electron chi connectivity index (χ0n) is 17.6. The highest BCUT2D eigenvalue weighted by atomic mass is 19.4. The topological polar surface area (TPSA) is 56.6 Å². The van der Waals surface area contributed by atoms with E-state index in [-0.39, 0.29) is 11.2 Å². The van der Waals surface area contributed by atoms with Gasteiger partial charge in [0.2, 0.25) is 0 Å². The fourth-order valence-electron chi connectivity index (χ4n) is 2.40. The second-order valence-corrected chi connectivity index (χ2v) is 8.63. The summed E-state index contributed by atoms with van der Waals surface area (Å²) in [6.45, 7) is 11.1. The van der Waals surface area contributed by atoms with E-state index in [9.17, 15) is 18.0 Å². The number of halogens is 3. The highest BCUT2D eigenvalue weighted by molar-refractivity contribution is 5.86. The van der Waals surface area contributed by atoms with E-state index in [1.165, 1.54) is 34.8 Å². The zero-order valence-corrected chi connectivity index (χ0v) is 17.6. The van der Waals surface area contributed by atoms with Crippen molar-refractivity contribution in [3.8, 4) is 11.4 Å². The van der Waals surface area contributed by atoms with Crippen molar-refractivity contribution in [3.05, 3.63) is 36.0 Å². The number of ether oxygens (including phenoxy) is 2. The summed E-state index contributed by atoms with van der Waals surface area (Å²) in [4.78, 5) is 13.8. The normalized spacial score (nSPS) is 12.6. The van der Waals surface area contributed by atoms with Crippen LogP contribution in [0.2, 0.25) is 0 Å². The molecule has 29 heavy (non-hydrogen) atoms. The summed E-state index contributed by atoms with van der Waals surface area (Å²) in [6.07, 6.45) is -5.42. The van der Waals surface area contributed by atoms with Gasteiger partial charge in [-0.2, -0.15) is 5.10 Å². The minimum Gasteiger partial charge on any atom is -0.443 e. The number of benzene rings is 1.